The van der Waals surface area contributed by atoms with Gasteiger partial charge in [-0.15, -0.1) is 0 Å². The third-order valence-corrected chi connectivity index (χ3v) is 3.18. The van der Waals surface area contributed by atoms with Crippen LogP contribution < -0.4 is 10.2 Å². The maximum Gasteiger partial charge on any atom is 0.422 e. The molecule has 0 fully saturated rings. The zero-order valence-corrected chi connectivity index (χ0v) is 12.8. The largest absolute Gasteiger partial charge is 0.504 e. The molecule has 0 aliphatic carbocycles. The van der Waals surface area contributed by atoms with E-state index >= 15 is 0 Å². The summed E-state index contributed by atoms with van der Waals surface area (Å²) < 4.78 is 96.5. The number of hydrogen-bond donors (Lipinski definition) is 2. The van der Waals surface area contributed by atoms with Gasteiger partial charge >= 0.3 is 6.18 Å². The van der Waals surface area contributed by atoms with Gasteiger partial charge in [0.25, 0.3) is 0 Å². The third-order valence-electron chi connectivity index (χ3n) is 3.18. The molecular formula is C15H9F7N2O2. The monoisotopic (exact) mass is 382 g/mol. The number of phenols is 1. The second-order valence-corrected chi connectivity index (χ2v) is 4.77. The van der Waals surface area contributed by atoms with Crippen LogP contribution in [0.4, 0.5) is 36.4 Å². The van der Waals surface area contributed by atoms with Crippen LogP contribution in [0.1, 0.15) is 11.1 Å². The summed E-state index contributed by atoms with van der Waals surface area (Å²) in [4.78, 5) is 0. The standard InChI is InChI=1S/C15H9F7N2O2/c1-26-7-4-2-3-6(14(7)25)5-23-24-13-11(18)9(16)8(15(20,21)22)10(17)12(13)19/h2-5,24-25H,1H3/b23-5-. The average Bonchev–Trinajstić information content (AvgIpc) is 2.56. The van der Waals surface area contributed by atoms with E-state index in [1.54, 1.807) is 5.43 Å². The fourth-order valence-electron chi connectivity index (χ4n) is 1.95. The van der Waals surface area contributed by atoms with Crippen molar-refractivity contribution in [2.24, 2.45) is 5.10 Å². The van der Waals surface area contributed by atoms with Gasteiger partial charge in [0.05, 0.1) is 13.3 Å². The summed E-state index contributed by atoms with van der Waals surface area (Å²) in [5.41, 5.74) is -2.68. The number of phenolic OH excluding ortho intramolecular Hbond substituents is 1. The number of nitrogens with one attached hydrogen (secondary N) is 1. The smallest absolute Gasteiger partial charge is 0.422 e. The molecule has 0 atom stereocenters. The number of rotatable bonds is 4. The first-order valence-electron chi connectivity index (χ1n) is 6.67. The van der Waals surface area contributed by atoms with E-state index in [2.05, 4.69) is 5.10 Å². The first kappa shape index (κ1) is 19.3. The van der Waals surface area contributed by atoms with Crippen molar-refractivity contribution in [3.8, 4) is 11.5 Å². The molecule has 26 heavy (non-hydrogen) atoms. The maximum atomic E-state index is 13.7. The molecule has 2 N–H and O–H groups in total. The van der Waals surface area contributed by atoms with Gasteiger partial charge in [0.2, 0.25) is 0 Å². The number of methoxy groups -OCH3 is 1. The Balaban J connectivity index is 2.40. The molecule has 0 aromatic heterocycles. The molecule has 0 amide bonds. The summed E-state index contributed by atoms with van der Waals surface area (Å²) in [6, 6.07) is 4.13. The molecule has 0 saturated carbocycles. The van der Waals surface area contributed by atoms with Crippen LogP contribution in [-0.2, 0) is 6.18 Å². The number of ether oxygens (including phenoxy) is 1. The topological polar surface area (TPSA) is 53.8 Å². The number of nitrogens with zero attached hydrogens (tertiary/aromatic N) is 1. The molecule has 0 unspecified atom stereocenters. The summed E-state index contributed by atoms with van der Waals surface area (Å²) in [7, 11) is 1.26. The highest BCUT2D eigenvalue weighted by atomic mass is 19.4. The molecule has 2 aromatic rings. The predicted molar refractivity (Wildman–Crippen MR) is 77.2 cm³/mol. The lowest BCUT2D eigenvalue weighted by Crippen LogP contribution is -2.16. The molecule has 0 bridgehead atoms. The Labute approximate surface area is 141 Å². The van der Waals surface area contributed by atoms with E-state index in [0.717, 1.165) is 6.21 Å². The second kappa shape index (κ2) is 7.10. The quantitative estimate of drug-likeness (QED) is 0.356. The van der Waals surface area contributed by atoms with Crippen LogP contribution in [0, 0.1) is 23.3 Å². The summed E-state index contributed by atoms with van der Waals surface area (Å²) in [6.07, 6.45) is -4.83. The van der Waals surface area contributed by atoms with Crippen LogP contribution in [0.2, 0.25) is 0 Å². The Morgan fingerprint density at radius 3 is 2.12 bits per heavy atom. The number of benzene rings is 2. The van der Waals surface area contributed by atoms with Gasteiger partial charge in [-0.3, -0.25) is 5.43 Å². The molecule has 11 heteroatoms. The number of hydrazone groups is 1. The van der Waals surface area contributed by atoms with Crippen molar-refractivity contribution >= 4 is 11.9 Å². The van der Waals surface area contributed by atoms with Crippen LogP contribution in [0.15, 0.2) is 23.3 Å². The van der Waals surface area contributed by atoms with Gasteiger partial charge in [-0.2, -0.15) is 18.3 Å². The van der Waals surface area contributed by atoms with Crippen LogP contribution in [0.25, 0.3) is 0 Å². The maximum absolute atomic E-state index is 13.7. The summed E-state index contributed by atoms with van der Waals surface area (Å²) in [6.45, 7) is 0. The molecule has 0 aliphatic heterocycles. The van der Waals surface area contributed by atoms with Crippen molar-refractivity contribution in [1.29, 1.82) is 0 Å². The number of alkyl halides is 3. The minimum absolute atomic E-state index is 0.00878. The van der Waals surface area contributed by atoms with Crippen molar-refractivity contribution in [3.63, 3.8) is 0 Å². The van der Waals surface area contributed by atoms with Gasteiger partial charge in [-0.1, -0.05) is 6.07 Å². The number of anilines is 1. The van der Waals surface area contributed by atoms with E-state index < -0.39 is 46.4 Å². The zero-order chi connectivity index (χ0) is 19.6. The second-order valence-electron chi connectivity index (χ2n) is 4.77. The van der Waals surface area contributed by atoms with Crippen LogP contribution in [-0.4, -0.2) is 18.4 Å². The molecular weight excluding hydrogens is 373 g/mol. The van der Waals surface area contributed by atoms with Gasteiger partial charge in [-0.05, 0) is 12.1 Å². The molecule has 2 aromatic carbocycles. The Hall–Kier alpha value is -2.98. The average molecular weight is 382 g/mol. The van der Waals surface area contributed by atoms with Gasteiger partial charge in [0.1, 0.15) is 11.3 Å². The SMILES string of the molecule is COc1cccc(/C=N\Nc2c(F)c(F)c(C(F)(F)F)c(F)c2F)c1O. The van der Waals surface area contributed by atoms with Gasteiger partial charge in [0.15, 0.2) is 34.8 Å². The molecule has 140 valence electrons. The Morgan fingerprint density at radius 2 is 1.62 bits per heavy atom. The van der Waals surface area contributed by atoms with Gasteiger partial charge in [0, 0.05) is 5.56 Å². The fraction of sp³-hybridized carbons (Fsp3) is 0.133. The third kappa shape index (κ3) is 3.51. The number of hydrogen-bond acceptors (Lipinski definition) is 4. The highest BCUT2D eigenvalue weighted by Crippen LogP contribution is 2.38. The minimum atomic E-state index is -5.63. The number of para-hydroxylation sites is 1. The zero-order valence-electron chi connectivity index (χ0n) is 12.8. The molecule has 0 radical (unpaired) electrons. The Bertz CT molecular complexity index is 837. The normalized spacial score (nSPS) is 11.8. The molecule has 2 rings (SSSR count). The Morgan fingerprint density at radius 1 is 1.04 bits per heavy atom. The van der Waals surface area contributed by atoms with E-state index in [-0.39, 0.29) is 11.3 Å². The molecule has 4 nitrogen and oxygen atoms in total. The van der Waals surface area contributed by atoms with E-state index in [4.69, 9.17) is 4.74 Å². The van der Waals surface area contributed by atoms with E-state index in [1.807, 2.05) is 0 Å². The lowest BCUT2D eigenvalue weighted by atomic mass is 10.1. The molecule has 0 heterocycles. The minimum Gasteiger partial charge on any atom is -0.504 e. The van der Waals surface area contributed by atoms with Crippen molar-refractivity contribution in [3.05, 3.63) is 52.6 Å². The lowest BCUT2D eigenvalue weighted by Gasteiger charge is -2.13. The first-order valence-corrected chi connectivity index (χ1v) is 6.67. The molecule has 0 aliphatic rings. The first-order chi connectivity index (χ1) is 12.1. The number of aromatic hydroxyl groups is 1. The van der Waals surface area contributed by atoms with Gasteiger partial charge < -0.3 is 9.84 Å². The van der Waals surface area contributed by atoms with Crippen molar-refractivity contribution in [1.82, 2.24) is 0 Å². The van der Waals surface area contributed by atoms with Crippen molar-refractivity contribution in [2.45, 2.75) is 6.18 Å². The lowest BCUT2D eigenvalue weighted by molar-refractivity contribution is -0.143. The fourth-order valence-corrected chi connectivity index (χ4v) is 1.95. The van der Waals surface area contributed by atoms with E-state index in [9.17, 15) is 35.8 Å². The summed E-state index contributed by atoms with van der Waals surface area (Å²) in [5, 5.41) is 13.0. The van der Waals surface area contributed by atoms with Crippen LogP contribution >= 0.6 is 0 Å². The van der Waals surface area contributed by atoms with Crippen molar-refractivity contribution < 1.29 is 40.6 Å². The van der Waals surface area contributed by atoms with Gasteiger partial charge in [-0.25, -0.2) is 17.6 Å². The van der Waals surface area contributed by atoms with E-state index in [1.165, 1.54) is 25.3 Å². The van der Waals surface area contributed by atoms with Crippen LogP contribution in [0.5, 0.6) is 11.5 Å². The Kier molecular flexibility index (Phi) is 5.28. The summed E-state index contributed by atoms with van der Waals surface area (Å²) >= 11 is 0. The van der Waals surface area contributed by atoms with E-state index in [0.29, 0.717) is 0 Å². The molecule has 0 spiro atoms. The summed E-state index contributed by atoms with van der Waals surface area (Å²) in [5.74, 6) is -10.2. The van der Waals surface area contributed by atoms with Crippen molar-refractivity contribution in [2.75, 3.05) is 12.5 Å². The predicted octanol–water partition coefficient (Wildman–Crippen LogP) is 4.42. The highest BCUT2D eigenvalue weighted by Gasteiger charge is 2.42. The highest BCUT2D eigenvalue weighted by molar-refractivity contribution is 5.85. The molecule has 0 saturated heterocycles. The number of halogens is 7. The van der Waals surface area contributed by atoms with Crippen LogP contribution in [0.3, 0.4) is 0 Å².